The molecular weight excluding hydrogens is 164 g/mol. The SMILES string of the molecule is C=C(CC)C(O)C=C[Si](C)(C)C. The summed E-state index contributed by atoms with van der Waals surface area (Å²) in [4.78, 5) is 0. The predicted octanol–water partition coefficient (Wildman–Crippen LogP) is 2.75. The lowest BCUT2D eigenvalue weighted by Gasteiger charge is -2.11. The number of aliphatic hydroxyl groups is 1. The number of hydrogen-bond acceptors (Lipinski definition) is 1. The highest BCUT2D eigenvalue weighted by atomic mass is 28.3. The Balaban J connectivity index is 4.09. The van der Waals surface area contributed by atoms with Gasteiger partial charge in [0.2, 0.25) is 0 Å². The number of aliphatic hydroxyl groups excluding tert-OH is 1. The second kappa shape index (κ2) is 4.63. The molecule has 0 aromatic heterocycles. The Bertz CT molecular complexity index is 177. The quantitative estimate of drug-likeness (QED) is 0.526. The van der Waals surface area contributed by atoms with Crippen molar-refractivity contribution in [2.24, 2.45) is 0 Å². The van der Waals surface area contributed by atoms with Gasteiger partial charge in [0.05, 0.1) is 14.2 Å². The molecule has 0 heterocycles. The van der Waals surface area contributed by atoms with Gasteiger partial charge < -0.3 is 5.11 Å². The minimum Gasteiger partial charge on any atom is -0.385 e. The maximum atomic E-state index is 9.52. The van der Waals surface area contributed by atoms with Gasteiger partial charge in [-0.25, -0.2) is 0 Å². The smallest absolute Gasteiger partial charge is 0.0925 e. The van der Waals surface area contributed by atoms with E-state index in [2.05, 4.69) is 31.9 Å². The highest BCUT2D eigenvalue weighted by Crippen LogP contribution is 2.08. The molecule has 0 bridgehead atoms. The normalized spacial score (nSPS) is 15.1. The average Bonchev–Trinajstić information content (AvgIpc) is 1.97. The summed E-state index contributed by atoms with van der Waals surface area (Å²) in [7, 11) is -1.16. The molecule has 0 aromatic rings. The highest BCUT2D eigenvalue weighted by molar-refractivity contribution is 6.80. The van der Waals surface area contributed by atoms with Gasteiger partial charge in [-0.1, -0.05) is 44.9 Å². The molecule has 12 heavy (non-hydrogen) atoms. The van der Waals surface area contributed by atoms with Crippen molar-refractivity contribution in [1.29, 1.82) is 0 Å². The van der Waals surface area contributed by atoms with Crippen molar-refractivity contribution in [3.63, 3.8) is 0 Å². The van der Waals surface area contributed by atoms with Crippen LogP contribution in [0.2, 0.25) is 19.6 Å². The minimum absolute atomic E-state index is 0.443. The molecule has 1 atom stereocenters. The van der Waals surface area contributed by atoms with Gasteiger partial charge in [-0.05, 0) is 12.0 Å². The molecular formula is C10H20OSi. The molecule has 0 aromatic carbocycles. The lowest BCUT2D eigenvalue weighted by molar-refractivity contribution is 0.256. The molecule has 1 N–H and O–H groups in total. The fourth-order valence-electron chi connectivity index (χ4n) is 0.725. The van der Waals surface area contributed by atoms with E-state index in [0.717, 1.165) is 12.0 Å². The summed E-state index contributed by atoms with van der Waals surface area (Å²) >= 11 is 0. The summed E-state index contributed by atoms with van der Waals surface area (Å²) < 4.78 is 0. The molecule has 0 rings (SSSR count). The van der Waals surface area contributed by atoms with E-state index in [1.165, 1.54) is 0 Å². The molecule has 0 fully saturated rings. The molecule has 0 spiro atoms. The van der Waals surface area contributed by atoms with Crippen LogP contribution < -0.4 is 0 Å². The molecule has 0 aliphatic heterocycles. The van der Waals surface area contributed by atoms with E-state index in [1.807, 2.05) is 13.0 Å². The summed E-state index contributed by atoms with van der Waals surface area (Å²) in [6, 6.07) is 0. The largest absolute Gasteiger partial charge is 0.385 e. The molecule has 0 radical (unpaired) electrons. The first-order valence-corrected chi connectivity index (χ1v) is 7.99. The van der Waals surface area contributed by atoms with Crippen molar-refractivity contribution in [2.45, 2.75) is 39.1 Å². The lowest BCUT2D eigenvalue weighted by atomic mass is 10.1. The summed E-state index contributed by atoms with van der Waals surface area (Å²) in [5.74, 6) is 0. The molecule has 0 saturated carbocycles. The summed E-state index contributed by atoms with van der Waals surface area (Å²) in [6.45, 7) is 12.5. The minimum atomic E-state index is -1.16. The second-order valence-corrected chi connectivity index (χ2v) is 9.25. The summed E-state index contributed by atoms with van der Waals surface area (Å²) in [5.41, 5.74) is 3.04. The van der Waals surface area contributed by atoms with Crippen LogP contribution >= 0.6 is 0 Å². The lowest BCUT2D eigenvalue weighted by Crippen LogP contribution is -2.17. The van der Waals surface area contributed by atoms with E-state index in [9.17, 15) is 5.11 Å². The van der Waals surface area contributed by atoms with Crippen molar-refractivity contribution in [3.8, 4) is 0 Å². The van der Waals surface area contributed by atoms with E-state index < -0.39 is 14.2 Å². The third-order valence-electron chi connectivity index (χ3n) is 1.65. The van der Waals surface area contributed by atoms with Crippen LogP contribution in [0.3, 0.4) is 0 Å². The zero-order valence-corrected chi connectivity index (χ0v) is 9.59. The third-order valence-corrected chi connectivity index (χ3v) is 2.84. The van der Waals surface area contributed by atoms with Crippen LogP contribution in [0, 0.1) is 0 Å². The first kappa shape index (κ1) is 11.7. The Morgan fingerprint density at radius 2 is 2.00 bits per heavy atom. The van der Waals surface area contributed by atoms with E-state index in [1.54, 1.807) is 0 Å². The van der Waals surface area contributed by atoms with Gasteiger partial charge in [0.1, 0.15) is 0 Å². The monoisotopic (exact) mass is 184 g/mol. The van der Waals surface area contributed by atoms with Gasteiger partial charge in [0.25, 0.3) is 0 Å². The van der Waals surface area contributed by atoms with Crippen LogP contribution in [-0.2, 0) is 0 Å². The van der Waals surface area contributed by atoms with Crippen LogP contribution in [0.5, 0.6) is 0 Å². The summed E-state index contributed by atoms with van der Waals surface area (Å²) in [6.07, 6.45) is 2.27. The Morgan fingerprint density at radius 1 is 1.50 bits per heavy atom. The van der Waals surface area contributed by atoms with E-state index in [4.69, 9.17) is 0 Å². The average molecular weight is 184 g/mol. The van der Waals surface area contributed by atoms with Crippen LogP contribution in [0.15, 0.2) is 23.9 Å². The topological polar surface area (TPSA) is 20.2 Å². The molecule has 0 aliphatic rings. The van der Waals surface area contributed by atoms with Gasteiger partial charge in [-0.2, -0.15) is 0 Å². The molecule has 1 unspecified atom stereocenters. The Morgan fingerprint density at radius 3 is 2.33 bits per heavy atom. The molecule has 70 valence electrons. The van der Waals surface area contributed by atoms with E-state index >= 15 is 0 Å². The molecule has 0 saturated heterocycles. The Kier molecular flexibility index (Phi) is 4.49. The van der Waals surface area contributed by atoms with E-state index in [-0.39, 0.29) is 0 Å². The molecule has 1 nitrogen and oxygen atoms in total. The van der Waals surface area contributed by atoms with Gasteiger partial charge in [-0.15, -0.1) is 0 Å². The molecule has 0 aliphatic carbocycles. The van der Waals surface area contributed by atoms with Crippen molar-refractivity contribution in [1.82, 2.24) is 0 Å². The van der Waals surface area contributed by atoms with Gasteiger partial charge in [0, 0.05) is 0 Å². The standard InChI is InChI=1S/C10H20OSi/c1-6-9(2)10(11)7-8-12(3,4)5/h7-8,10-11H,2,6H2,1,3-5H3. The van der Waals surface area contributed by atoms with Crippen molar-refractivity contribution >= 4 is 8.07 Å². The fraction of sp³-hybridized carbons (Fsp3) is 0.600. The number of hydrogen-bond donors (Lipinski definition) is 1. The fourth-order valence-corrected chi connectivity index (χ4v) is 1.48. The maximum Gasteiger partial charge on any atom is 0.0925 e. The number of rotatable bonds is 4. The third kappa shape index (κ3) is 5.33. The van der Waals surface area contributed by atoms with Crippen LogP contribution in [0.4, 0.5) is 0 Å². The van der Waals surface area contributed by atoms with Crippen molar-refractivity contribution in [3.05, 3.63) is 23.9 Å². The van der Waals surface area contributed by atoms with Crippen LogP contribution in [-0.4, -0.2) is 19.3 Å². The molecule has 2 heteroatoms. The van der Waals surface area contributed by atoms with E-state index in [0.29, 0.717) is 0 Å². The second-order valence-electron chi connectivity index (χ2n) is 4.18. The zero-order valence-electron chi connectivity index (χ0n) is 8.59. The van der Waals surface area contributed by atoms with Crippen molar-refractivity contribution < 1.29 is 5.11 Å². The van der Waals surface area contributed by atoms with Gasteiger partial charge >= 0.3 is 0 Å². The summed E-state index contributed by atoms with van der Waals surface area (Å²) in [5, 5.41) is 9.52. The Labute approximate surface area is 76.8 Å². The van der Waals surface area contributed by atoms with Gasteiger partial charge in [0.15, 0.2) is 0 Å². The first-order chi connectivity index (χ1) is 5.37. The van der Waals surface area contributed by atoms with Crippen molar-refractivity contribution in [2.75, 3.05) is 0 Å². The molecule has 0 amide bonds. The zero-order chi connectivity index (χ0) is 9.78. The van der Waals surface area contributed by atoms with Crippen LogP contribution in [0.1, 0.15) is 13.3 Å². The van der Waals surface area contributed by atoms with Crippen LogP contribution in [0.25, 0.3) is 0 Å². The predicted molar refractivity (Wildman–Crippen MR) is 57.9 cm³/mol. The first-order valence-electron chi connectivity index (χ1n) is 4.42. The highest BCUT2D eigenvalue weighted by Gasteiger charge is 2.09. The Hall–Kier alpha value is -0.343. The van der Waals surface area contributed by atoms with Gasteiger partial charge in [-0.3, -0.25) is 0 Å². The maximum absolute atomic E-state index is 9.52.